The number of hydrogen-bond acceptors (Lipinski definition) is 5. The van der Waals surface area contributed by atoms with Crippen molar-refractivity contribution in [2.75, 3.05) is 5.32 Å². The molecule has 126 valence electrons. The Balaban J connectivity index is 2.64. The van der Waals surface area contributed by atoms with E-state index in [2.05, 4.69) is 5.32 Å². The van der Waals surface area contributed by atoms with E-state index in [0.717, 1.165) is 31.0 Å². The third kappa shape index (κ3) is 5.93. The molecule has 0 aromatic heterocycles. The number of carboxylic acids is 1. The number of aromatic hydroxyl groups is 1. The minimum Gasteiger partial charge on any atom is -0.506 e. The topological polar surface area (TPSA) is 130 Å². The second kappa shape index (κ2) is 8.72. The fourth-order valence-electron chi connectivity index (χ4n) is 2.10. The highest BCUT2D eigenvalue weighted by molar-refractivity contribution is 5.92. The molecule has 0 saturated heterocycles. The van der Waals surface area contributed by atoms with Gasteiger partial charge in [-0.15, -0.1) is 0 Å². The molecule has 0 aliphatic carbocycles. The zero-order valence-corrected chi connectivity index (χ0v) is 12.8. The molecule has 0 radical (unpaired) electrons. The summed E-state index contributed by atoms with van der Waals surface area (Å²) in [6.45, 7) is 1.96. The van der Waals surface area contributed by atoms with Crippen molar-refractivity contribution in [1.82, 2.24) is 0 Å². The molecule has 1 rings (SSSR count). The van der Waals surface area contributed by atoms with Gasteiger partial charge in [-0.2, -0.15) is 0 Å². The van der Waals surface area contributed by atoms with E-state index in [1.807, 2.05) is 6.92 Å². The number of carboxylic acid groups (broad SMARTS) is 1. The van der Waals surface area contributed by atoms with Crippen molar-refractivity contribution >= 4 is 23.3 Å². The van der Waals surface area contributed by atoms with Crippen LogP contribution < -0.4 is 5.32 Å². The summed E-state index contributed by atoms with van der Waals surface area (Å²) in [6, 6.07) is 3.30. The number of benzene rings is 1. The maximum absolute atomic E-state index is 11.9. The van der Waals surface area contributed by atoms with Gasteiger partial charge in [0.2, 0.25) is 5.91 Å². The Morgan fingerprint density at radius 3 is 2.61 bits per heavy atom. The predicted octanol–water partition coefficient (Wildman–Crippen LogP) is 2.91. The van der Waals surface area contributed by atoms with Crippen LogP contribution in [-0.2, 0) is 9.59 Å². The maximum Gasteiger partial charge on any atom is 0.306 e. The maximum atomic E-state index is 11.9. The standard InChI is InChI=1S/C15H20N2O6/c1-2-3-4-10(15(20)21)5-8-14(19)16-12-9-11(17(22)23)6-7-13(12)18/h6-7,9-10,18H,2-5,8H2,1H3,(H,16,19)(H,20,21)/t10-/m1/s1. The van der Waals surface area contributed by atoms with Crippen LogP contribution in [0.2, 0.25) is 0 Å². The second-order valence-electron chi connectivity index (χ2n) is 5.22. The smallest absolute Gasteiger partial charge is 0.306 e. The summed E-state index contributed by atoms with van der Waals surface area (Å²) in [5, 5.41) is 31.8. The highest BCUT2D eigenvalue weighted by atomic mass is 16.6. The average Bonchev–Trinajstić information content (AvgIpc) is 2.48. The van der Waals surface area contributed by atoms with Crippen LogP contribution in [-0.4, -0.2) is 27.0 Å². The predicted molar refractivity (Wildman–Crippen MR) is 83.3 cm³/mol. The highest BCUT2D eigenvalue weighted by Crippen LogP contribution is 2.28. The first-order valence-corrected chi connectivity index (χ1v) is 7.35. The van der Waals surface area contributed by atoms with Crippen LogP contribution >= 0.6 is 0 Å². The van der Waals surface area contributed by atoms with Gasteiger partial charge in [-0.3, -0.25) is 19.7 Å². The molecule has 1 aromatic carbocycles. The number of anilines is 1. The Kier molecular flexibility index (Phi) is 6.98. The summed E-state index contributed by atoms with van der Waals surface area (Å²) >= 11 is 0. The van der Waals surface area contributed by atoms with E-state index < -0.39 is 22.7 Å². The number of phenolic OH excluding ortho intramolecular Hbond substituents is 1. The van der Waals surface area contributed by atoms with E-state index in [0.29, 0.717) is 6.42 Å². The van der Waals surface area contributed by atoms with E-state index in [9.17, 15) is 24.8 Å². The molecule has 8 nitrogen and oxygen atoms in total. The molecular weight excluding hydrogens is 304 g/mol. The third-order valence-electron chi connectivity index (χ3n) is 3.44. The molecule has 8 heteroatoms. The van der Waals surface area contributed by atoms with Gasteiger partial charge in [-0.05, 0) is 18.9 Å². The van der Waals surface area contributed by atoms with Crippen molar-refractivity contribution in [3.63, 3.8) is 0 Å². The van der Waals surface area contributed by atoms with Crippen molar-refractivity contribution in [3.8, 4) is 5.75 Å². The zero-order valence-electron chi connectivity index (χ0n) is 12.8. The lowest BCUT2D eigenvalue weighted by atomic mass is 9.97. The zero-order chi connectivity index (χ0) is 17.4. The molecule has 1 atom stereocenters. The largest absolute Gasteiger partial charge is 0.506 e. The van der Waals surface area contributed by atoms with E-state index >= 15 is 0 Å². The van der Waals surface area contributed by atoms with Crippen LogP contribution in [0.1, 0.15) is 39.0 Å². The summed E-state index contributed by atoms with van der Waals surface area (Å²) in [5.74, 6) is -2.32. The quantitative estimate of drug-likeness (QED) is 0.364. The van der Waals surface area contributed by atoms with Crippen LogP contribution in [0.25, 0.3) is 0 Å². The van der Waals surface area contributed by atoms with Gasteiger partial charge in [0.15, 0.2) is 0 Å². The Labute approximate surface area is 133 Å². The molecule has 0 heterocycles. The summed E-state index contributed by atoms with van der Waals surface area (Å²) in [4.78, 5) is 33.0. The molecule has 0 aliphatic rings. The first kappa shape index (κ1) is 18.4. The molecule has 1 aromatic rings. The fourth-order valence-corrected chi connectivity index (χ4v) is 2.10. The summed E-state index contributed by atoms with van der Waals surface area (Å²) in [5.41, 5.74) is -0.325. The molecule has 0 saturated carbocycles. The third-order valence-corrected chi connectivity index (χ3v) is 3.44. The van der Waals surface area contributed by atoms with Crippen molar-refractivity contribution in [3.05, 3.63) is 28.3 Å². The Morgan fingerprint density at radius 1 is 1.35 bits per heavy atom. The van der Waals surface area contributed by atoms with Crippen molar-refractivity contribution in [2.45, 2.75) is 39.0 Å². The number of phenols is 1. The molecule has 0 fully saturated rings. The summed E-state index contributed by atoms with van der Waals surface area (Å²) in [6.07, 6.45) is 2.28. The fraction of sp³-hybridized carbons (Fsp3) is 0.467. The second-order valence-corrected chi connectivity index (χ2v) is 5.22. The number of carbonyl (C=O) groups excluding carboxylic acids is 1. The summed E-state index contributed by atoms with van der Waals surface area (Å²) < 4.78 is 0. The Bertz CT molecular complexity index is 587. The number of nitro groups is 1. The Morgan fingerprint density at radius 2 is 2.04 bits per heavy atom. The van der Waals surface area contributed by atoms with Crippen LogP contribution in [0.15, 0.2) is 18.2 Å². The minimum absolute atomic E-state index is 0.0389. The first-order valence-electron chi connectivity index (χ1n) is 7.35. The van der Waals surface area contributed by atoms with Gasteiger partial charge in [-0.25, -0.2) is 0 Å². The van der Waals surface area contributed by atoms with Gasteiger partial charge >= 0.3 is 5.97 Å². The number of carbonyl (C=O) groups is 2. The van der Waals surface area contributed by atoms with Gasteiger partial charge < -0.3 is 15.5 Å². The number of rotatable bonds is 9. The van der Waals surface area contributed by atoms with Crippen molar-refractivity contribution in [1.29, 1.82) is 0 Å². The number of aliphatic carboxylic acids is 1. The lowest BCUT2D eigenvalue weighted by Crippen LogP contribution is -2.18. The van der Waals surface area contributed by atoms with Gasteiger partial charge in [-0.1, -0.05) is 19.8 Å². The number of nitro benzene ring substituents is 1. The number of unbranched alkanes of at least 4 members (excludes halogenated alkanes) is 1. The SMILES string of the molecule is CCCC[C@H](CCC(=O)Nc1cc([N+](=O)[O-])ccc1O)C(=O)O. The normalized spacial score (nSPS) is 11.7. The lowest BCUT2D eigenvalue weighted by Gasteiger charge is -2.12. The number of nitrogens with one attached hydrogen (secondary N) is 1. The van der Waals surface area contributed by atoms with Gasteiger partial charge in [0.05, 0.1) is 16.5 Å². The van der Waals surface area contributed by atoms with E-state index in [1.165, 1.54) is 0 Å². The van der Waals surface area contributed by atoms with Gasteiger partial charge in [0.1, 0.15) is 5.75 Å². The van der Waals surface area contributed by atoms with Crippen molar-refractivity contribution in [2.24, 2.45) is 5.92 Å². The molecule has 0 bridgehead atoms. The molecule has 0 spiro atoms. The molecule has 23 heavy (non-hydrogen) atoms. The molecule has 1 amide bonds. The summed E-state index contributed by atoms with van der Waals surface area (Å²) in [7, 11) is 0. The van der Waals surface area contributed by atoms with Crippen LogP contribution in [0.4, 0.5) is 11.4 Å². The average molecular weight is 324 g/mol. The van der Waals surface area contributed by atoms with E-state index in [1.54, 1.807) is 0 Å². The van der Waals surface area contributed by atoms with Gasteiger partial charge in [0, 0.05) is 18.6 Å². The molecular formula is C15H20N2O6. The first-order chi connectivity index (χ1) is 10.8. The van der Waals surface area contributed by atoms with Gasteiger partial charge in [0.25, 0.3) is 5.69 Å². The molecule has 0 unspecified atom stereocenters. The van der Waals surface area contributed by atoms with Crippen LogP contribution in [0.5, 0.6) is 5.75 Å². The van der Waals surface area contributed by atoms with E-state index in [-0.39, 0.29) is 30.0 Å². The molecule has 0 aliphatic heterocycles. The monoisotopic (exact) mass is 324 g/mol. The highest BCUT2D eigenvalue weighted by Gasteiger charge is 2.19. The number of hydrogen-bond donors (Lipinski definition) is 3. The van der Waals surface area contributed by atoms with Crippen LogP contribution in [0, 0.1) is 16.0 Å². The van der Waals surface area contributed by atoms with E-state index in [4.69, 9.17) is 5.11 Å². The number of nitrogens with zero attached hydrogens (tertiary/aromatic N) is 1. The van der Waals surface area contributed by atoms with Crippen LogP contribution in [0.3, 0.4) is 0 Å². The Hall–Kier alpha value is -2.64. The lowest BCUT2D eigenvalue weighted by molar-refractivity contribution is -0.384. The number of non-ortho nitro benzene ring substituents is 1. The van der Waals surface area contributed by atoms with Crippen molar-refractivity contribution < 1.29 is 24.7 Å². The number of amides is 1. The minimum atomic E-state index is -0.940. The molecule has 3 N–H and O–H groups in total.